The lowest BCUT2D eigenvalue weighted by Crippen LogP contribution is -2.15. The van der Waals surface area contributed by atoms with Gasteiger partial charge in [0.2, 0.25) is 34.9 Å². The molecule has 0 bridgehead atoms. The molecule has 75 heavy (non-hydrogen) atoms. The van der Waals surface area contributed by atoms with Crippen molar-refractivity contribution in [2.45, 2.75) is 16.7 Å². The molecule has 0 unspecified atom stereocenters. The Balaban J connectivity index is 1.06. The normalized spacial score (nSPS) is 11.7. The molecular weight excluding hydrogens is 1070 g/mol. The number of halogens is 12. The summed E-state index contributed by atoms with van der Waals surface area (Å²) in [4.78, 5) is -4.70. The van der Waals surface area contributed by atoms with E-state index < -0.39 is 156 Å². The fourth-order valence-electron chi connectivity index (χ4n) is 6.99. The largest absolute Gasteiger partial charge is 0.744 e. The van der Waals surface area contributed by atoms with E-state index in [1.807, 2.05) is 0 Å². The topological polar surface area (TPSA) is 170 Å². The molecule has 0 heterocycles. The Morgan fingerprint density at radius 3 is 0.760 bits per heavy atom. The molecule has 0 aromatic heterocycles. The number of hydrogen-bond acceptors (Lipinski definition) is 12. The van der Waals surface area contributed by atoms with Crippen LogP contribution in [0.1, 0.15) is 5.56 Å². The van der Waals surface area contributed by atoms with Crippen LogP contribution in [0.2, 0.25) is 0 Å². The van der Waals surface area contributed by atoms with E-state index in [0.29, 0.717) is 33.4 Å². The summed E-state index contributed by atoms with van der Waals surface area (Å²) in [6, 6.07) is 24.1. The fourth-order valence-corrected chi connectivity index (χ4v) is 8.23. The van der Waals surface area contributed by atoms with E-state index >= 15 is 0 Å². The molecule has 12 nitrogen and oxygen atoms in total. The van der Waals surface area contributed by atoms with Gasteiger partial charge in [0, 0.05) is 5.56 Å². The van der Waals surface area contributed by atoms with Gasteiger partial charge in [-0.15, -0.1) is 0 Å². The zero-order chi connectivity index (χ0) is 54.7. The van der Waals surface area contributed by atoms with Crippen LogP contribution in [0.3, 0.4) is 0 Å². The molecule has 0 saturated carbocycles. The predicted molar refractivity (Wildman–Crippen MR) is 235 cm³/mol. The van der Waals surface area contributed by atoms with Gasteiger partial charge < -0.3 is 37.5 Å². The summed E-state index contributed by atoms with van der Waals surface area (Å²) in [7, 11) is -11.9. The van der Waals surface area contributed by atoms with Crippen molar-refractivity contribution in [2.24, 2.45) is 0 Å². The summed E-state index contributed by atoms with van der Waals surface area (Å²) in [5.74, 6) is -29.5. The lowest BCUT2D eigenvalue weighted by molar-refractivity contribution is 0.199. The Morgan fingerprint density at radius 1 is 0.320 bits per heavy atom. The maximum atomic E-state index is 14.4. The Morgan fingerprint density at radius 2 is 0.533 bits per heavy atom. The molecule has 0 saturated heterocycles. The summed E-state index contributed by atoms with van der Waals surface area (Å²) >= 11 is 0. The van der Waals surface area contributed by atoms with Gasteiger partial charge in [-0.25, -0.2) is 43.2 Å². The first kappa shape index (κ1) is 55.1. The highest BCUT2D eigenvalue weighted by Gasteiger charge is 2.32. The molecular formula is C49H30F12O12S2-2. The molecule has 0 aliphatic rings. The Hall–Kier alpha value is -7.68. The van der Waals surface area contributed by atoms with E-state index in [-0.39, 0.29) is 23.9 Å². The van der Waals surface area contributed by atoms with Crippen LogP contribution in [0, 0.1) is 76.7 Å². The molecule has 396 valence electrons. The number of ether oxygens (including phenoxy) is 6. The van der Waals surface area contributed by atoms with Crippen LogP contribution in [-0.4, -0.2) is 65.6 Å². The minimum atomic E-state index is -5.94. The highest BCUT2D eigenvalue weighted by atomic mass is 32.2. The maximum Gasteiger partial charge on any atom is 0.205 e. The zero-order valence-electron chi connectivity index (χ0n) is 37.7. The predicted octanol–water partition coefficient (Wildman–Crippen LogP) is 10.8. The van der Waals surface area contributed by atoms with Crippen LogP contribution in [0.5, 0.6) is 34.5 Å². The highest BCUT2D eigenvalue weighted by molar-refractivity contribution is 7.86. The third kappa shape index (κ3) is 12.0. The molecule has 0 atom stereocenters. The standard InChI is InChI=1S/C49H32F12O12S2/c1-23-33(50)35(52)45(36(53)34(23)51)71-17-14-68-30-8-2-24(3-9-30)27-20-28(25-4-10-31(11-5-25)69-15-18-72-46-37(54)41(58)48(74(62,63)64)42(59)38(46)55)22-29(21-27)26-6-12-32(13-7-26)70-16-19-73-47-39(56)43(60)49(75(65,66)67)44(61)40(47)57/h2-13,20-22H,14-19H2,1H3,(H,62,63,64)(H,65,66,67)/p-2. The van der Waals surface area contributed by atoms with Gasteiger partial charge in [0.15, 0.2) is 52.2 Å². The molecule has 0 N–H and O–H groups in total. The van der Waals surface area contributed by atoms with E-state index in [1.54, 1.807) is 66.7 Å². The van der Waals surface area contributed by atoms with Crippen molar-refractivity contribution < 1.29 is 107 Å². The number of benzene rings is 7. The molecule has 0 spiro atoms. The number of hydrogen-bond donors (Lipinski definition) is 0. The van der Waals surface area contributed by atoms with E-state index in [4.69, 9.17) is 28.4 Å². The van der Waals surface area contributed by atoms with Gasteiger partial charge in [-0.3, -0.25) is 0 Å². The first-order valence-corrected chi connectivity index (χ1v) is 23.9. The van der Waals surface area contributed by atoms with Crippen molar-refractivity contribution in [1.82, 2.24) is 0 Å². The lowest BCUT2D eigenvalue weighted by Gasteiger charge is -2.15. The van der Waals surface area contributed by atoms with Crippen LogP contribution in [0.15, 0.2) is 101 Å². The van der Waals surface area contributed by atoms with Gasteiger partial charge in [0.05, 0.1) is 0 Å². The van der Waals surface area contributed by atoms with Crippen molar-refractivity contribution >= 4 is 20.2 Å². The van der Waals surface area contributed by atoms with Crippen molar-refractivity contribution in [3.05, 3.63) is 166 Å². The second-order valence-electron chi connectivity index (χ2n) is 15.4. The summed E-state index contributed by atoms with van der Waals surface area (Å²) in [6.45, 7) is -2.32. The van der Waals surface area contributed by atoms with Crippen LogP contribution < -0.4 is 28.4 Å². The zero-order valence-corrected chi connectivity index (χ0v) is 39.3. The van der Waals surface area contributed by atoms with E-state index in [9.17, 15) is 78.6 Å². The third-order valence-corrected chi connectivity index (χ3v) is 12.3. The van der Waals surface area contributed by atoms with E-state index in [2.05, 4.69) is 0 Å². The molecule has 26 heteroatoms. The van der Waals surface area contributed by atoms with Crippen LogP contribution in [0.25, 0.3) is 33.4 Å². The maximum absolute atomic E-state index is 14.4. The Labute approximate surface area is 416 Å². The quantitative estimate of drug-likeness (QED) is 0.0307. The summed E-state index contributed by atoms with van der Waals surface area (Å²) in [6.07, 6.45) is 0. The van der Waals surface area contributed by atoms with Crippen LogP contribution >= 0.6 is 0 Å². The van der Waals surface area contributed by atoms with Crippen LogP contribution in [-0.2, 0) is 20.2 Å². The summed E-state index contributed by atoms with van der Waals surface area (Å²) in [5.41, 5.74) is 2.74. The van der Waals surface area contributed by atoms with Crippen molar-refractivity contribution in [3.63, 3.8) is 0 Å². The molecule has 0 radical (unpaired) electrons. The lowest BCUT2D eigenvalue weighted by atomic mass is 9.93. The summed E-state index contributed by atoms with van der Waals surface area (Å²) < 4.78 is 268. The second-order valence-corrected chi connectivity index (χ2v) is 18.0. The molecule has 7 rings (SSSR count). The highest BCUT2D eigenvalue weighted by Crippen LogP contribution is 2.37. The van der Waals surface area contributed by atoms with Gasteiger partial charge in [-0.05, 0) is 94.9 Å². The van der Waals surface area contributed by atoms with Gasteiger partial charge in [0.1, 0.15) is 86.9 Å². The Kier molecular flexibility index (Phi) is 16.5. The second kappa shape index (κ2) is 22.4. The third-order valence-electron chi connectivity index (χ3n) is 10.6. The van der Waals surface area contributed by atoms with Gasteiger partial charge >= 0.3 is 0 Å². The molecule has 0 fully saturated rings. The average molecular weight is 1100 g/mol. The molecule has 0 amide bonds. The molecule has 7 aromatic rings. The van der Waals surface area contributed by atoms with Crippen molar-refractivity contribution in [3.8, 4) is 67.9 Å². The molecule has 7 aromatic carbocycles. The summed E-state index contributed by atoms with van der Waals surface area (Å²) in [5, 5.41) is 0. The first-order valence-electron chi connectivity index (χ1n) is 21.1. The number of rotatable bonds is 20. The van der Waals surface area contributed by atoms with Crippen molar-refractivity contribution in [2.75, 3.05) is 39.6 Å². The van der Waals surface area contributed by atoms with Crippen molar-refractivity contribution in [1.29, 1.82) is 0 Å². The minimum Gasteiger partial charge on any atom is -0.744 e. The molecule has 0 aliphatic heterocycles. The van der Waals surface area contributed by atoms with Gasteiger partial charge in [0.25, 0.3) is 0 Å². The monoisotopic (exact) mass is 1100 g/mol. The molecule has 0 aliphatic carbocycles. The smallest absolute Gasteiger partial charge is 0.205 e. The Bertz CT molecular complexity index is 3280. The van der Waals surface area contributed by atoms with E-state index in [0.717, 1.165) is 6.92 Å². The minimum absolute atomic E-state index is 0.169. The van der Waals surface area contributed by atoms with Crippen LogP contribution in [0.4, 0.5) is 52.7 Å². The van der Waals surface area contributed by atoms with E-state index in [1.165, 1.54) is 24.3 Å². The average Bonchev–Trinajstić information content (AvgIpc) is 3.37. The first-order chi connectivity index (χ1) is 35.4. The van der Waals surface area contributed by atoms with Gasteiger partial charge in [-0.1, -0.05) is 36.4 Å². The fraction of sp³-hybridized carbons (Fsp3) is 0.143. The SMILES string of the molecule is Cc1c(F)c(F)c(OCCOc2ccc(-c3cc(-c4ccc(OCCOc5c(F)c(F)c(S(=O)(=O)[O-])c(F)c5F)cc4)cc(-c4ccc(OCCOc5c(F)c(F)c(S(=O)(=O)[O-])c(F)c5F)cc4)c3)cc2)c(F)c1F. The van der Waals surface area contributed by atoms with Gasteiger partial charge in [-0.2, -0.15) is 26.3 Å².